The number of tetrazole rings is 1. The Balaban J connectivity index is 1.62. The number of nitrogens with one attached hydrogen (secondary N) is 3. The molecule has 0 fully saturated rings. The van der Waals surface area contributed by atoms with Gasteiger partial charge in [0.05, 0.1) is 6.54 Å². The van der Waals surface area contributed by atoms with Gasteiger partial charge in [-0.05, 0) is 81.4 Å². The number of rotatable bonds is 15. The Hall–Kier alpha value is -4.42. The Morgan fingerprint density at radius 1 is 0.761 bits per heavy atom. The zero-order valence-electron chi connectivity index (χ0n) is 28.3. The van der Waals surface area contributed by atoms with Crippen LogP contribution in [0.2, 0.25) is 0 Å². The first-order valence-electron chi connectivity index (χ1n) is 16.0. The van der Waals surface area contributed by atoms with E-state index in [1.807, 2.05) is 18.2 Å². The smallest absolute Gasteiger partial charge is 0.205 e. The second-order valence-electron chi connectivity index (χ2n) is 13.6. The minimum Gasteiger partial charge on any atom is -0.367 e. The second kappa shape index (κ2) is 14.8. The van der Waals surface area contributed by atoms with Gasteiger partial charge in [-0.2, -0.15) is 5.21 Å². The summed E-state index contributed by atoms with van der Waals surface area (Å²) in [6, 6.07) is 16.7. The third-order valence-electron chi connectivity index (χ3n) is 7.73. The van der Waals surface area contributed by atoms with Crippen molar-refractivity contribution in [2.24, 2.45) is 5.41 Å². The molecule has 5 rings (SSSR count). The van der Waals surface area contributed by atoms with E-state index in [0.717, 1.165) is 96.2 Å². The van der Waals surface area contributed by atoms with Gasteiger partial charge < -0.3 is 25.0 Å². The molecule has 0 aliphatic heterocycles. The van der Waals surface area contributed by atoms with Gasteiger partial charge in [0.2, 0.25) is 5.82 Å². The highest BCUT2D eigenvalue weighted by atomic mass is 15.5. The number of imidazole rings is 1. The number of aromatic amines is 1. The van der Waals surface area contributed by atoms with Crippen LogP contribution >= 0.6 is 0 Å². The SMILES string of the molecule is CN(C)CCCNc1nnc(NCCCN(C)C)c2c1nc(CC(C)(C)C)n2Cc1ccccc1-c1ccccc1-c1nn[nH]n1. The van der Waals surface area contributed by atoms with E-state index in [1.54, 1.807) is 0 Å². The molecular formula is C34H48N12. The summed E-state index contributed by atoms with van der Waals surface area (Å²) in [4.78, 5) is 9.67. The zero-order chi connectivity index (χ0) is 32.7. The van der Waals surface area contributed by atoms with Crippen LogP contribution in [0.4, 0.5) is 11.6 Å². The number of anilines is 2. The topological polar surface area (TPSA) is 129 Å². The highest BCUT2D eigenvalue weighted by Gasteiger charge is 2.24. The molecule has 46 heavy (non-hydrogen) atoms. The molecule has 0 aliphatic carbocycles. The van der Waals surface area contributed by atoms with Crippen LogP contribution in [0.25, 0.3) is 33.5 Å². The van der Waals surface area contributed by atoms with Crippen LogP contribution in [0.3, 0.4) is 0 Å². The monoisotopic (exact) mass is 624 g/mol. The first-order valence-corrected chi connectivity index (χ1v) is 16.0. The van der Waals surface area contributed by atoms with Crippen molar-refractivity contribution in [3.8, 4) is 22.5 Å². The van der Waals surface area contributed by atoms with Gasteiger partial charge in [-0.3, -0.25) is 0 Å². The van der Waals surface area contributed by atoms with Crippen molar-refractivity contribution in [2.45, 2.75) is 46.6 Å². The highest BCUT2D eigenvalue weighted by Crippen LogP contribution is 2.35. The highest BCUT2D eigenvalue weighted by molar-refractivity contribution is 5.94. The standard InChI is InChI=1S/C34H48N12/c1-34(2,3)22-28-37-29-30(33(36-19-13-21-45(6)7)39-38-32(29)35-18-12-20-44(4)5)46(28)23-24-14-8-9-15-25(24)26-16-10-11-17-27(26)31-40-42-43-41-31/h8-11,14-17H,12-13,18-23H2,1-7H3,(H,35,38)(H,36,39)(H,40,41,42,43). The molecule has 3 N–H and O–H groups in total. The molecule has 3 aromatic heterocycles. The van der Waals surface area contributed by atoms with E-state index in [-0.39, 0.29) is 5.41 Å². The maximum Gasteiger partial charge on any atom is 0.205 e. The Morgan fingerprint density at radius 2 is 1.37 bits per heavy atom. The van der Waals surface area contributed by atoms with E-state index in [2.05, 4.69) is 130 Å². The van der Waals surface area contributed by atoms with Gasteiger partial charge in [-0.25, -0.2) is 4.98 Å². The Morgan fingerprint density at radius 3 is 2.00 bits per heavy atom. The number of hydrogen-bond donors (Lipinski definition) is 3. The molecule has 12 heteroatoms. The minimum atomic E-state index is 0.0172. The van der Waals surface area contributed by atoms with Crippen LogP contribution in [0.15, 0.2) is 48.5 Å². The van der Waals surface area contributed by atoms with E-state index in [9.17, 15) is 0 Å². The van der Waals surface area contributed by atoms with Crippen molar-refractivity contribution < 1.29 is 0 Å². The summed E-state index contributed by atoms with van der Waals surface area (Å²) in [6.07, 6.45) is 2.77. The van der Waals surface area contributed by atoms with Gasteiger partial charge in [-0.1, -0.05) is 69.3 Å². The van der Waals surface area contributed by atoms with Gasteiger partial charge in [0.25, 0.3) is 0 Å². The Labute approximate surface area is 272 Å². The summed E-state index contributed by atoms with van der Waals surface area (Å²) in [6.45, 7) is 10.9. The minimum absolute atomic E-state index is 0.0172. The van der Waals surface area contributed by atoms with E-state index in [0.29, 0.717) is 12.4 Å². The van der Waals surface area contributed by atoms with E-state index < -0.39 is 0 Å². The first kappa shape index (κ1) is 33.0. The Bertz CT molecular complexity index is 1700. The molecule has 3 heterocycles. The molecule has 244 valence electrons. The van der Waals surface area contributed by atoms with Crippen LogP contribution < -0.4 is 10.6 Å². The van der Waals surface area contributed by atoms with Crippen LogP contribution in [0.5, 0.6) is 0 Å². The third-order valence-corrected chi connectivity index (χ3v) is 7.73. The fourth-order valence-electron chi connectivity index (χ4n) is 5.60. The van der Waals surface area contributed by atoms with Crippen molar-refractivity contribution in [2.75, 3.05) is 65.0 Å². The van der Waals surface area contributed by atoms with Crippen molar-refractivity contribution in [1.82, 2.24) is 50.2 Å². The molecule has 0 amide bonds. The summed E-state index contributed by atoms with van der Waals surface area (Å²) in [5, 5.41) is 31.5. The fourth-order valence-corrected chi connectivity index (χ4v) is 5.60. The third kappa shape index (κ3) is 8.24. The van der Waals surface area contributed by atoms with E-state index >= 15 is 0 Å². The van der Waals surface area contributed by atoms with Gasteiger partial charge in [0.15, 0.2) is 11.6 Å². The van der Waals surface area contributed by atoms with Gasteiger partial charge in [0.1, 0.15) is 16.9 Å². The predicted octanol–water partition coefficient (Wildman–Crippen LogP) is 5.04. The normalized spacial score (nSPS) is 12.0. The molecule has 0 atom stereocenters. The quantitative estimate of drug-likeness (QED) is 0.136. The molecular weight excluding hydrogens is 576 g/mol. The van der Waals surface area contributed by atoms with Gasteiger partial charge in [0, 0.05) is 25.1 Å². The maximum absolute atomic E-state index is 5.29. The van der Waals surface area contributed by atoms with Gasteiger partial charge >= 0.3 is 0 Å². The van der Waals surface area contributed by atoms with Crippen LogP contribution in [-0.4, -0.2) is 105 Å². The molecule has 0 aliphatic rings. The summed E-state index contributed by atoms with van der Waals surface area (Å²) >= 11 is 0. The molecule has 0 unspecified atom stereocenters. The fraction of sp³-hybridized carbons (Fsp3) is 0.471. The lowest BCUT2D eigenvalue weighted by Gasteiger charge is -2.20. The van der Waals surface area contributed by atoms with Crippen LogP contribution in [-0.2, 0) is 13.0 Å². The van der Waals surface area contributed by atoms with Crippen LogP contribution in [0, 0.1) is 5.41 Å². The largest absolute Gasteiger partial charge is 0.367 e. The van der Waals surface area contributed by atoms with Crippen molar-refractivity contribution in [3.63, 3.8) is 0 Å². The average molecular weight is 625 g/mol. The lowest BCUT2D eigenvalue weighted by atomic mass is 9.91. The number of nitrogens with zero attached hydrogens (tertiary/aromatic N) is 9. The molecule has 5 aromatic rings. The zero-order valence-corrected chi connectivity index (χ0v) is 28.3. The summed E-state index contributed by atoms with van der Waals surface area (Å²) in [5.41, 5.74) is 6.07. The molecule has 0 saturated heterocycles. The lowest BCUT2D eigenvalue weighted by Crippen LogP contribution is -2.18. The molecule has 12 nitrogen and oxygen atoms in total. The number of fused-ring (bicyclic) bond motifs is 1. The van der Waals surface area contributed by atoms with Crippen LogP contribution in [0.1, 0.15) is 45.0 Å². The molecule has 0 spiro atoms. The van der Waals surface area contributed by atoms with Crippen molar-refractivity contribution >= 4 is 22.7 Å². The Kier molecular flexibility index (Phi) is 10.6. The predicted molar refractivity (Wildman–Crippen MR) is 186 cm³/mol. The lowest BCUT2D eigenvalue weighted by molar-refractivity contribution is 0.394. The molecule has 0 radical (unpaired) electrons. The average Bonchev–Trinajstić information content (AvgIpc) is 3.67. The maximum atomic E-state index is 5.29. The summed E-state index contributed by atoms with van der Waals surface area (Å²) in [5.74, 6) is 3.05. The molecule has 2 aromatic carbocycles. The van der Waals surface area contributed by atoms with E-state index in [4.69, 9.17) is 10.1 Å². The van der Waals surface area contributed by atoms with E-state index in [1.165, 1.54) is 0 Å². The summed E-state index contributed by atoms with van der Waals surface area (Å²) < 4.78 is 2.34. The number of aromatic nitrogens is 8. The summed E-state index contributed by atoms with van der Waals surface area (Å²) in [7, 11) is 8.37. The molecule has 0 bridgehead atoms. The second-order valence-corrected chi connectivity index (χ2v) is 13.6. The van der Waals surface area contributed by atoms with Crippen molar-refractivity contribution in [1.29, 1.82) is 0 Å². The molecule has 0 saturated carbocycles. The number of benzene rings is 2. The van der Waals surface area contributed by atoms with Crippen molar-refractivity contribution in [3.05, 3.63) is 59.9 Å². The number of H-pyrrole nitrogens is 1. The van der Waals surface area contributed by atoms with Gasteiger partial charge in [-0.15, -0.1) is 20.4 Å². The first-order chi connectivity index (χ1) is 22.1. The number of hydrogen-bond acceptors (Lipinski definition) is 10.